The van der Waals surface area contributed by atoms with Crippen LogP contribution in [-0.4, -0.2) is 29.1 Å². The van der Waals surface area contributed by atoms with Crippen LogP contribution < -0.4 is 4.90 Å². The quantitative estimate of drug-likeness (QED) is 0.511. The van der Waals surface area contributed by atoms with Gasteiger partial charge < -0.3 is 14.4 Å². The Bertz CT molecular complexity index is 1210. The van der Waals surface area contributed by atoms with Gasteiger partial charge in [-0.15, -0.1) is 0 Å². The second-order valence-corrected chi connectivity index (χ2v) is 7.40. The van der Waals surface area contributed by atoms with E-state index in [9.17, 15) is 9.90 Å². The van der Waals surface area contributed by atoms with Crippen LogP contribution in [0.3, 0.4) is 0 Å². The average Bonchev–Trinajstić information content (AvgIpc) is 3.06. The van der Waals surface area contributed by atoms with E-state index < -0.39 is 5.97 Å². The van der Waals surface area contributed by atoms with E-state index in [1.54, 1.807) is 24.5 Å². The predicted molar refractivity (Wildman–Crippen MR) is 112 cm³/mol. The summed E-state index contributed by atoms with van der Waals surface area (Å²) in [6, 6.07) is 13.4. The van der Waals surface area contributed by atoms with Crippen LogP contribution in [-0.2, 0) is 0 Å². The molecule has 0 amide bonds. The van der Waals surface area contributed by atoms with Gasteiger partial charge in [0, 0.05) is 29.4 Å². The third kappa shape index (κ3) is 2.99. The first-order valence-electron chi connectivity index (χ1n) is 9.24. The first-order chi connectivity index (χ1) is 13.3. The average molecular weight is 374 g/mol. The molecule has 0 aliphatic rings. The highest BCUT2D eigenvalue weighted by Crippen LogP contribution is 2.35. The van der Waals surface area contributed by atoms with Crippen molar-refractivity contribution >= 4 is 33.5 Å². The highest BCUT2D eigenvalue weighted by atomic mass is 16.4. The lowest BCUT2D eigenvalue weighted by atomic mass is 10.0. The number of fused-ring (bicyclic) bond motifs is 2. The zero-order valence-electron chi connectivity index (χ0n) is 16.4. The normalized spacial score (nSPS) is 11.5. The number of carboxylic acids is 1. The fraction of sp³-hybridized carbons (Fsp3) is 0.217. The molecule has 0 saturated carbocycles. The van der Waals surface area contributed by atoms with E-state index in [1.165, 1.54) is 0 Å². The monoisotopic (exact) mass is 374 g/mol. The Morgan fingerprint density at radius 2 is 1.93 bits per heavy atom. The first kappa shape index (κ1) is 18.0. The van der Waals surface area contributed by atoms with Crippen LogP contribution in [0.1, 0.15) is 29.8 Å². The minimum Gasteiger partial charge on any atom is -0.478 e. The van der Waals surface area contributed by atoms with Gasteiger partial charge in [-0.2, -0.15) is 0 Å². The third-order valence-electron chi connectivity index (χ3n) is 5.24. The molecule has 0 aliphatic heterocycles. The van der Waals surface area contributed by atoms with Crippen LogP contribution >= 0.6 is 0 Å². The fourth-order valence-corrected chi connectivity index (χ4v) is 3.36. The number of hydrogen-bond acceptors (Lipinski definition) is 4. The smallest absolute Gasteiger partial charge is 0.335 e. The molecule has 0 spiro atoms. The molecule has 0 fully saturated rings. The van der Waals surface area contributed by atoms with Gasteiger partial charge in [0.2, 0.25) is 0 Å². The molecule has 0 saturated heterocycles. The molecule has 0 atom stereocenters. The second kappa shape index (κ2) is 6.68. The van der Waals surface area contributed by atoms with Crippen molar-refractivity contribution in [1.29, 1.82) is 0 Å². The molecule has 0 aliphatic carbocycles. The van der Waals surface area contributed by atoms with E-state index >= 15 is 0 Å². The number of pyridine rings is 1. The Labute approximate surface area is 163 Å². The van der Waals surface area contributed by atoms with Crippen molar-refractivity contribution in [3.63, 3.8) is 0 Å². The lowest BCUT2D eigenvalue weighted by Crippen LogP contribution is -2.26. The molecule has 0 radical (unpaired) electrons. The summed E-state index contributed by atoms with van der Waals surface area (Å²) in [5.74, 6) is -0.939. The van der Waals surface area contributed by atoms with Crippen molar-refractivity contribution in [3.8, 4) is 11.3 Å². The third-order valence-corrected chi connectivity index (χ3v) is 5.24. The Morgan fingerprint density at radius 3 is 2.64 bits per heavy atom. The van der Waals surface area contributed by atoms with Gasteiger partial charge in [-0.1, -0.05) is 0 Å². The number of aromatic nitrogens is 1. The van der Waals surface area contributed by atoms with Crippen LogP contribution in [0.5, 0.6) is 0 Å². The lowest BCUT2D eigenvalue weighted by molar-refractivity contribution is 0.0697. The Kier molecular flexibility index (Phi) is 4.30. The molecule has 142 valence electrons. The summed E-state index contributed by atoms with van der Waals surface area (Å²) in [7, 11) is 2.03. The SMILES string of the molecule is Cc1coc2ccc(-c3nc4ccc(C(=O)O)cc4cc3N(C)C(C)C)cc12. The topological polar surface area (TPSA) is 66.6 Å². The van der Waals surface area contributed by atoms with Crippen molar-refractivity contribution in [3.05, 3.63) is 59.9 Å². The molecule has 2 aromatic carbocycles. The predicted octanol–water partition coefficient (Wildman–Crippen LogP) is 5.50. The van der Waals surface area contributed by atoms with E-state index in [4.69, 9.17) is 9.40 Å². The molecule has 5 heteroatoms. The number of carbonyl (C=O) groups is 1. The Hall–Kier alpha value is -3.34. The van der Waals surface area contributed by atoms with Gasteiger partial charge in [-0.25, -0.2) is 9.78 Å². The van der Waals surface area contributed by atoms with Crippen molar-refractivity contribution < 1.29 is 14.3 Å². The van der Waals surface area contributed by atoms with Gasteiger partial charge in [0.05, 0.1) is 28.7 Å². The van der Waals surface area contributed by atoms with Crippen LogP contribution in [0.2, 0.25) is 0 Å². The molecule has 28 heavy (non-hydrogen) atoms. The van der Waals surface area contributed by atoms with Gasteiger partial charge in [-0.3, -0.25) is 0 Å². The molecule has 4 aromatic rings. The maximum absolute atomic E-state index is 11.4. The standard InChI is InChI=1S/C23H22N2O3/c1-13(2)25(4)20-11-17-9-16(23(26)27)5-7-19(17)24-22(20)15-6-8-21-18(10-15)14(3)12-28-21/h5-13H,1-4H3,(H,26,27). The number of benzene rings is 2. The molecule has 5 nitrogen and oxygen atoms in total. The fourth-order valence-electron chi connectivity index (χ4n) is 3.36. The van der Waals surface area contributed by atoms with E-state index in [1.807, 2.05) is 32.2 Å². The molecule has 0 bridgehead atoms. The molecule has 0 unspecified atom stereocenters. The molecule has 4 rings (SSSR count). The number of anilines is 1. The van der Waals surface area contributed by atoms with Gasteiger partial charge >= 0.3 is 5.97 Å². The van der Waals surface area contributed by atoms with Gasteiger partial charge in [0.25, 0.3) is 0 Å². The van der Waals surface area contributed by atoms with Gasteiger partial charge in [0.1, 0.15) is 5.58 Å². The number of nitrogens with zero attached hydrogens (tertiary/aromatic N) is 2. The number of furan rings is 1. The molecular weight excluding hydrogens is 352 g/mol. The van der Waals surface area contributed by atoms with Crippen molar-refractivity contribution in [2.24, 2.45) is 0 Å². The molecule has 2 heterocycles. The summed E-state index contributed by atoms with van der Waals surface area (Å²) < 4.78 is 5.57. The lowest BCUT2D eigenvalue weighted by Gasteiger charge is -2.26. The summed E-state index contributed by atoms with van der Waals surface area (Å²) in [4.78, 5) is 18.4. The highest BCUT2D eigenvalue weighted by Gasteiger charge is 2.17. The van der Waals surface area contributed by atoms with E-state index in [0.717, 1.165) is 44.4 Å². The van der Waals surface area contributed by atoms with Gasteiger partial charge in [-0.05, 0) is 68.8 Å². The van der Waals surface area contributed by atoms with E-state index in [-0.39, 0.29) is 11.6 Å². The number of aromatic carboxylic acids is 1. The molecule has 1 N–H and O–H groups in total. The number of carboxylic acid groups (broad SMARTS) is 1. The minimum absolute atomic E-state index is 0.260. The maximum Gasteiger partial charge on any atom is 0.335 e. The largest absolute Gasteiger partial charge is 0.478 e. The van der Waals surface area contributed by atoms with Crippen LogP contribution in [0.25, 0.3) is 33.1 Å². The first-order valence-corrected chi connectivity index (χ1v) is 9.24. The minimum atomic E-state index is -0.939. The summed E-state index contributed by atoms with van der Waals surface area (Å²) in [5.41, 5.74) is 5.80. The van der Waals surface area contributed by atoms with Crippen molar-refractivity contribution in [1.82, 2.24) is 4.98 Å². The van der Waals surface area contributed by atoms with Crippen molar-refractivity contribution in [2.45, 2.75) is 26.8 Å². The van der Waals surface area contributed by atoms with Crippen LogP contribution in [0.4, 0.5) is 5.69 Å². The second-order valence-electron chi connectivity index (χ2n) is 7.40. The Balaban J connectivity index is 1.98. The number of hydrogen-bond donors (Lipinski definition) is 1. The summed E-state index contributed by atoms with van der Waals surface area (Å²) in [5, 5.41) is 11.2. The highest BCUT2D eigenvalue weighted by molar-refractivity contribution is 5.97. The van der Waals surface area contributed by atoms with E-state index in [0.29, 0.717) is 0 Å². The maximum atomic E-state index is 11.4. The Morgan fingerprint density at radius 1 is 1.14 bits per heavy atom. The van der Waals surface area contributed by atoms with Crippen LogP contribution in [0, 0.1) is 6.92 Å². The number of aryl methyl sites for hydroxylation is 1. The number of rotatable bonds is 4. The summed E-state index contributed by atoms with van der Waals surface area (Å²) in [6.07, 6.45) is 1.76. The molecular formula is C23H22N2O3. The van der Waals surface area contributed by atoms with Gasteiger partial charge in [0.15, 0.2) is 0 Å². The van der Waals surface area contributed by atoms with E-state index in [2.05, 4.69) is 24.8 Å². The zero-order valence-corrected chi connectivity index (χ0v) is 16.4. The van der Waals surface area contributed by atoms with Crippen molar-refractivity contribution in [2.75, 3.05) is 11.9 Å². The zero-order chi connectivity index (χ0) is 20.0. The molecule has 2 aromatic heterocycles. The van der Waals surface area contributed by atoms with Crippen LogP contribution in [0.15, 0.2) is 53.1 Å². The summed E-state index contributed by atoms with van der Waals surface area (Å²) >= 11 is 0. The summed E-state index contributed by atoms with van der Waals surface area (Å²) in [6.45, 7) is 6.26.